The van der Waals surface area contributed by atoms with Crippen molar-refractivity contribution in [2.75, 3.05) is 0 Å². The van der Waals surface area contributed by atoms with Crippen molar-refractivity contribution in [2.24, 2.45) is 0 Å². The van der Waals surface area contributed by atoms with E-state index < -0.39 is 18.2 Å². The Bertz CT molecular complexity index is 582. The van der Waals surface area contributed by atoms with Gasteiger partial charge in [0.25, 0.3) is 0 Å². The molecule has 1 heterocycles. The van der Waals surface area contributed by atoms with Gasteiger partial charge in [-0.25, -0.2) is 9.78 Å². The Kier molecular flexibility index (Phi) is 3.40. The van der Waals surface area contributed by atoms with Crippen molar-refractivity contribution < 1.29 is 15.0 Å². The highest BCUT2D eigenvalue weighted by Gasteiger charge is 2.22. The van der Waals surface area contributed by atoms with E-state index in [1.54, 1.807) is 18.2 Å². The monoisotopic (exact) mass is 269 g/mol. The van der Waals surface area contributed by atoms with E-state index in [1.165, 1.54) is 6.92 Å². The average Bonchev–Trinajstić information content (AvgIpc) is 2.67. The van der Waals surface area contributed by atoms with Crippen molar-refractivity contribution >= 4 is 28.7 Å². The molecule has 1 amide bonds. The molecule has 2 atom stereocenters. The number of benzene rings is 1. The summed E-state index contributed by atoms with van der Waals surface area (Å²) in [7, 11) is 0. The van der Waals surface area contributed by atoms with Crippen molar-refractivity contribution in [2.45, 2.75) is 19.1 Å². The first-order valence-corrected chi connectivity index (χ1v) is 5.68. The van der Waals surface area contributed by atoms with Crippen LogP contribution in [0.4, 0.5) is 4.79 Å². The molecule has 0 aliphatic rings. The molecule has 18 heavy (non-hydrogen) atoms. The lowest BCUT2D eigenvalue weighted by Gasteiger charge is -2.17. The van der Waals surface area contributed by atoms with E-state index in [1.807, 2.05) is 0 Å². The van der Waals surface area contributed by atoms with Crippen LogP contribution in [-0.4, -0.2) is 32.4 Å². The number of aromatic amines is 1. The summed E-state index contributed by atoms with van der Waals surface area (Å²) in [6.07, 6.45) is -2.13. The number of fused-ring (bicyclic) bond motifs is 1. The Balaban J connectivity index is 2.41. The van der Waals surface area contributed by atoms with Crippen molar-refractivity contribution in [1.82, 2.24) is 15.3 Å². The van der Waals surface area contributed by atoms with Gasteiger partial charge in [0.1, 0.15) is 11.9 Å². The number of halogens is 1. The molecule has 6 nitrogen and oxygen atoms in total. The number of aliphatic hydroxyl groups excluding tert-OH is 1. The highest BCUT2D eigenvalue weighted by molar-refractivity contribution is 6.31. The van der Waals surface area contributed by atoms with Crippen LogP contribution < -0.4 is 5.32 Å². The highest BCUT2D eigenvalue weighted by Crippen LogP contribution is 2.21. The van der Waals surface area contributed by atoms with E-state index in [2.05, 4.69) is 15.3 Å². The number of imidazole rings is 1. The fourth-order valence-electron chi connectivity index (χ4n) is 1.70. The maximum Gasteiger partial charge on any atom is 0.405 e. The summed E-state index contributed by atoms with van der Waals surface area (Å²) in [6.45, 7) is 1.49. The summed E-state index contributed by atoms with van der Waals surface area (Å²) >= 11 is 5.85. The molecule has 1 aromatic carbocycles. The van der Waals surface area contributed by atoms with Crippen LogP contribution in [0, 0.1) is 0 Å². The van der Waals surface area contributed by atoms with Crippen molar-refractivity contribution in [3.8, 4) is 0 Å². The minimum Gasteiger partial charge on any atom is -0.465 e. The van der Waals surface area contributed by atoms with Gasteiger partial charge in [-0.1, -0.05) is 11.6 Å². The molecule has 1 aromatic heterocycles. The van der Waals surface area contributed by atoms with Crippen LogP contribution in [0.1, 0.15) is 18.8 Å². The first-order valence-electron chi connectivity index (χ1n) is 5.30. The normalized spacial score (nSPS) is 14.4. The molecule has 0 aliphatic heterocycles. The van der Waals surface area contributed by atoms with E-state index in [0.717, 1.165) is 0 Å². The molecule has 0 saturated heterocycles. The lowest BCUT2D eigenvalue weighted by atomic mass is 10.2. The van der Waals surface area contributed by atoms with Crippen LogP contribution >= 0.6 is 11.6 Å². The van der Waals surface area contributed by atoms with Crippen molar-refractivity contribution in [1.29, 1.82) is 0 Å². The van der Waals surface area contributed by atoms with E-state index in [-0.39, 0.29) is 0 Å². The molecule has 0 fully saturated rings. The summed E-state index contributed by atoms with van der Waals surface area (Å²) in [4.78, 5) is 17.8. The number of carboxylic acid groups (broad SMARTS) is 1. The average molecular weight is 270 g/mol. The number of aromatic nitrogens is 2. The van der Waals surface area contributed by atoms with Gasteiger partial charge in [-0.15, -0.1) is 0 Å². The number of nitrogens with zero attached hydrogens (tertiary/aromatic N) is 1. The Morgan fingerprint density at radius 3 is 2.89 bits per heavy atom. The highest BCUT2D eigenvalue weighted by atomic mass is 35.5. The van der Waals surface area contributed by atoms with Crippen LogP contribution in [0.25, 0.3) is 11.0 Å². The molecule has 96 valence electrons. The molecule has 0 unspecified atom stereocenters. The lowest BCUT2D eigenvalue weighted by molar-refractivity contribution is 0.130. The molecule has 2 aromatic rings. The smallest absolute Gasteiger partial charge is 0.405 e. The van der Waals surface area contributed by atoms with Gasteiger partial charge in [0.15, 0.2) is 0 Å². The van der Waals surface area contributed by atoms with Crippen LogP contribution in [0.3, 0.4) is 0 Å². The second-order valence-electron chi connectivity index (χ2n) is 3.95. The first-order chi connectivity index (χ1) is 8.47. The maximum atomic E-state index is 10.7. The molecule has 0 aliphatic carbocycles. The van der Waals surface area contributed by atoms with Crippen LogP contribution in [0.15, 0.2) is 18.2 Å². The van der Waals surface area contributed by atoms with E-state index in [4.69, 9.17) is 16.7 Å². The van der Waals surface area contributed by atoms with Gasteiger partial charge in [-0.2, -0.15) is 0 Å². The predicted octanol–water partition coefficient (Wildman–Crippen LogP) is 1.91. The summed E-state index contributed by atoms with van der Waals surface area (Å²) < 4.78 is 0. The van der Waals surface area contributed by atoms with Crippen molar-refractivity contribution in [3.63, 3.8) is 0 Å². The second kappa shape index (κ2) is 4.83. The number of carbonyl (C=O) groups is 1. The van der Waals surface area contributed by atoms with Gasteiger partial charge >= 0.3 is 6.09 Å². The van der Waals surface area contributed by atoms with E-state index in [9.17, 15) is 9.90 Å². The fraction of sp³-hybridized carbons (Fsp3) is 0.273. The number of rotatable bonds is 3. The Morgan fingerprint density at radius 2 is 2.28 bits per heavy atom. The summed E-state index contributed by atoms with van der Waals surface area (Å²) in [6, 6.07) is 4.29. The van der Waals surface area contributed by atoms with Gasteiger partial charge < -0.3 is 20.5 Å². The number of aliphatic hydroxyl groups is 1. The van der Waals surface area contributed by atoms with Gasteiger partial charge in [0.05, 0.1) is 17.1 Å². The summed E-state index contributed by atoms with van der Waals surface area (Å²) in [5.74, 6) is 0.352. The third-order valence-electron chi connectivity index (χ3n) is 2.52. The van der Waals surface area contributed by atoms with Crippen molar-refractivity contribution in [3.05, 3.63) is 29.0 Å². The molecule has 4 N–H and O–H groups in total. The molecular formula is C11H12ClN3O3. The molecular weight excluding hydrogens is 258 g/mol. The maximum absolute atomic E-state index is 10.7. The first kappa shape index (κ1) is 12.7. The fourth-order valence-corrected chi connectivity index (χ4v) is 1.87. The molecule has 7 heteroatoms. The third-order valence-corrected chi connectivity index (χ3v) is 2.75. The van der Waals surface area contributed by atoms with E-state index >= 15 is 0 Å². The van der Waals surface area contributed by atoms with Crippen LogP contribution in [-0.2, 0) is 0 Å². The number of H-pyrrole nitrogens is 1. The second-order valence-corrected chi connectivity index (χ2v) is 4.39. The number of amides is 1. The quantitative estimate of drug-likeness (QED) is 0.684. The summed E-state index contributed by atoms with van der Waals surface area (Å²) in [5.41, 5.74) is 1.35. The SMILES string of the molecule is C[C@@H](O)[C@H](NC(=O)O)c1nc2ccc(Cl)cc2[nH]1. The van der Waals surface area contributed by atoms with Gasteiger partial charge in [-0.05, 0) is 25.1 Å². The standard InChI is InChI=1S/C11H12ClN3O3/c1-5(16)9(15-11(17)18)10-13-7-3-2-6(12)4-8(7)14-10/h2-5,9,15-16H,1H3,(H,13,14)(H,17,18)/t5-,9+/m1/s1. The largest absolute Gasteiger partial charge is 0.465 e. The predicted molar refractivity (Wildman–Crippen MR) is 66.7 cm³/mol. The number of hydrogen-bond donors (Lipinski definition) is 4. The van der Waals surface area contributed by atoms with Gasteiger partial charge in [-0.3, -0.25) is 0 Å². The van der Waals surface area contributed by atoms with Crippen LogP contribution in [0.2, 0.25) is 5.02 Å². The third kappa shape index (κ3) is 2.55. The van der Waals surface area contributed by atoms with Gasteiger partial charge in [0, 0.05) is 5.02 Å². The lowest BCUT2D eigenvalue weighted by Crippen LogP contribution is -2.34. The Morgan fingerprint density at radius 1 is 1.56 bits per heavy atom. The molecule has 0 spiro atoms. The van der Waals surface area contributed by atoms with Crippen LogP contribution in [0.5, 0.6) is 0 Å². The zero-order valence-corrected chi connectivity index (χ0v) is 10.3. The molecule has 0 radical (unpaired) electrons. The zero-order valence-electron chi connectivity index (χ0n) is 9.51. The molecule has 0 bridgehead atoms. The zero-order chi connectivity index (χ0) is 13.3. The Hall–Kier alpha value is -1.79. The minimum absolute atomic E-state index is 0.352. The molecule has 0 saturated carbocycles. The minimum atomic E-state index is -1.22. The van der Waals surface area contributed by atoms with E-state index in [0.29, 0.717) is 21.9 Å². The van der Waals surface area contributed by atoms with Gasteiger partial charge in [0.2, 0.25) is 0 Å². The number of hydrogen-bond acceptors (Lipinski definition) is 3. The Labute approximate surface area is 108 Å². The topological polar surface area (TPSA) is 98.2 Å². The number of nitrogens with one attached hydrogen (secondary N) is 2. The summed E-state index contributed by atoms with van der Waals surface area (Å²) in [5, 5.41) is 21.1. The molecule has 2 rings (SSSR count).